The molecule has 5 rings (SSSR count). The van der Waals surface area contributed by atoms with Crippen molar-refractivity contribution in [3.8, 4) is 6.07 Å². The lowest BCUT2D eigenvalue weighted by Gasteiger charge is -2.40. The van der Waals surface area contributed by atoms with Gasteiger partial charge in [0.15, 0.2) is 5.78 Å². The van der Waals surface area contributed by atoms with E-state index in [0.717, 1.165) is 54.6 Å². The maximum absolute atomic E-state index is 13.5. The first kappa shape index (κ1) is 26.9. The molecule has 1 heterocycles. The van der Waals surface area contributed by atoms with Crippen LogP contribution in [0, 0.1) is 28.7 Å². The second kappa shape index (κ2) is 11.2. The van der Waals surface area contributed by atoms with Crippen LogP contribution in [0.2, 0.25) is 5.02 Å². The van der Waals surface area contributed by atoms with Crippen molar-refractivity contribution >= 4 is 57.4 Å². The fourth-order valence-corrected chi connectivity index (χ4v) is 6.80. The maximum Gasteiger partial charge on any atom is 0.161 e. The summed E-state index contributed by atoms with van der Waals surface area (Å²) < 4.78 is 1.11. The second-order valence-electron chi connectivity index (χ2n) is 9.67. The van der Waals surface area contributed by atoms with Crippen LogP contribution in [-0.4, -0.2) is 5.78 Å². The Labute approximate surface area is 246 Å². The predicted molar refractivity (Wildman–Crippen MR) is 164 cm³/mol. The number of aryl methyl sites for hydroxylation is 2. The molecule has 1 aliphatic heterocycles. The van der Waals surface area contributed by atoms with Gasteiger partial charge in [-0.15, -0.1) is 11.8 Å². The van der Waals surface area contributed by atoms with Gasteiger partial charge >= 0.3 is 0 Å². The van der Waals surface area contributed by atoms with E-state index in [1.54, 1.807) is 11.8 Å². The number of Topliss-reactive ketones (excluding diaryl/α,β-unsaturated/α-hetero) is 1. The average molecular weight is 652 g/mol. The normalized spacial score (nSPS) is 17.5. The molecule has 2 N–H and O–H groups in total. The highest BCUT2D eigenvalue weighted by Gasteiger charge is 2.41. The predicted octanol–water partition coefficient (Wildman–Crippen LogP) is 8.16. The molecule has 0 amide bonds. The van der Waals surface area contributed by atoms with E-state index in [4.69, 9.17) is 17.3 Å². The number of anilines is 1. The fraction of sp³-hybridized carbons (Fsp3) is 0.226. The third-order valence-corrected chi connectivity index (χ3v) is 9.27. The van der Waals surface area contributed by atoms with Crippen LogP contribution in [0.1, 0.15) is 47.4 Å². The Hall–Kier alpha value is -2.73. The van der Waals surface area contributed by atoms with Crippen LogP contribution in [0.15, 0.2) is 88.2 Å². The Morgan fingerprint density at radius 1 is 1.08 bits per heavy atom. The largest absolute Gasteiger partial charge is 0.384 e. The van der Waals surface area contributed by atoms with Crippen molar-refractivity contribution in [2.75, 3.05) is 4.90 Å². The lowest BCUT2D eigenvalue weighted by molar-refractivity contribution is -0.116. The first-order chi connectivity index (χ1) is 18.3. The van der Waals surface area contributed by atoms with Gasteiger partial charge in [0.25, 0.3) is 0 Å². The van der Waals surface area contributed by atoms with E-state index < -0.39 is 5.92 Å². The Morgan fingerprint density at radius 3 is 2.47 bits per heavy atom. The summed E-state index contributed by atoms with van der Waals surface area (Å²) in [5, 5.41) is 11.1. The minimum atomic E-state index is -0.470. The van der Waals surface area contributed by atoms with E-state index in [9.17, 15) is 10.1 Å². The summed E-state index contributed by atoms with van der Waals surface area (Å²) in [6, 6.07) is 22.6. The molecule has 0 radical (unpaired) electrons. The van der Waals surface area contributed by atoms with Crippen molar-refractivity contribution in [3.05, 3.63) is 114 Å². The molecule has 4 nitrogen and oxygen atoms in total. The molecule has 2 aliphatic rings. The van der Waals surface area contributed by atoms with Crippen LogP contribution in [0.25, 0.3) is 0 Å². The molecule has 0 fully saturated rings. The van der Waals surface area contributed by atoms with Crippen molar-refractivity contribution in [1.82, 2.24) is 0 Å². The first-order valence-electron chi connectivity index (χ1n) is 12.5. The number of hydrogen-bond acceptors (Lipinski definition) is 5. The third-order valence-electron chi connectivity index (χ3n) is 7.24. The monoisotopic (exact) mass is 651 g/mol. The van der Waals surface area contributed by atoms with Gasteiger partial charge in [0.2, 0.25) is 0 Å². The number of benzene rings is 3. The van der Waals surface area contributed by atoms with Crippen LogP contribution in [0.3, 0.4) is 0 Å². The number of ketones is 1. The summed E-state index contributed by atoms with van der Waals surface area (Å²) in [6.07, 6.45) is 2.00. The molecule has 0 saturated carbocycles. The number of nitrogens with two attached hydrogens (primary N) is 1. The Kier molecular flexibility index (Phi) is 7.90. The van der Waals surface area contributed by atoms with Gasteiger partial charge in [0.05, 0.1) is 17.6 Å². The number of carbonyl (C=O) groups excluding carboxylic acids is 1. The topological polar surface area (TPSA) is 70.1 Å². The van der Waals surface area contributed by atoms with Gasteiger partial charge in [0.1, 0.15) is 5.82 Å². The Bertz CT molecular complexity index is 1520. The average Bonchev–Trinajstić information content (AvgIpc) is 2.90. The Morgan fingerprint density at radius 2 is 1.79 bits per heavy atom. The van der Waals surface area contributed by atoms with Crippen molar-refractivity contribution < 1.29 is 4.79 Å². The van der Waals surface area contributed by atoms with Gasteiger partial charge in [-0.2, -0.15) is 5.26 Å². The number of halogens is 2. The number of nitrogens with zero attached hydrogens (tertiary/aromatic N) is 2. The zero-order valence-corrected chi connectivity index (χ0v) is 25.0. The minimum absolute atomic E-state index is 0.101. The first-order valence-corrected chi connectivity index (χ1v) is 14.9. The van der Waals surface area contributed by atoms with E-state index in [1.807, 2.05) is 53.4 Å². The van der Waals surface area contributed by atoms with Crippen LogP contribution in [0.4, 0.5) is 5.69 Å². The molecule has 1 aliphatic carbocycles. The smallest absolute Gasteiger partial charge is 0.161 e. The standard InChI is InChI=1S/C31H27ClIN3OS/c1-18-14-19(2)25(15-20(18)17-38-24-12-6-21(32)7-13-24)29-26(16-34)31(35)36(23-10-8-22(33)9-11-23)27-4-3-5-28(37)30(27)29/h6-15,29H,3-5,17,35H2,1-2H3. The molecular formula is C31H27ClIN3OS. The van der Waals surface area contributed by atoms with Gasteiger partial charge in [-0.1, -0.05) is 23.7 Å². The van der Waals surface area contributed by atoms with E-state index in [0.29, 0.717) is 23.4 Å². The van der Waals surface area contributed by atoms with Crippen molar-refractivity contribution in [3.63, 3.8) is 0 Å². The van der Waals surface area contributed by atoms with Gasteiger partial charge in [0, 0.05) is 42.6 Å². The van der Waals surface area contributed by atoms with E-state index in [2.05, 4.69) is 54.6 Å². The van der Waals surface area contributed by atoms with Crippen molar-refractivity contribution in [1.29, 1.82) is 5.26 Å². The van der Waals surface area contributed by atoms with Crippen molar-refractivity contribution in [2.45, 2.75) is 49.7 Å². The van der Waals surface area contributed by atoms with Crippen LogP contribution in [-0.2, 0) is 10.5 Å². The van der Waals surface area contributed by atoms with Gasteiger partial charge in [-0.25, -0.2) is 0 Å². The number of rotatable bonds is 5. The summed E-state index contributed by atoms with van der Waals surface area (Å²) in [4.78, 5) is 16.6. The molecule has 192 valence electrons. The highest BCUT2D eigenvalue weighted by molar-refractivity contribution is 14.1. The molecule has 0 bridgehead atoms. The molecule has 0 aromatic heterocycles. The number of nitriles is 1. The van der Waals surface area contributed by atoms with Crippen LogP contribution < -0.4 is 10.6 Å². The van der Waals surface area contributed by atoms with Crippen LogP contribution in [0.5, 0.6) is 0 Å². The molecule has 1 atom stereocenters. The third kappa shape index (κ3) is 5.12. The molecular weight excluding hydrogens is 625 g/mol. The minimum Gasteiger partial charge on any atom is -0.384 e. The SMILES string of the molecule is Cc1cc(C)c(C2C(C#N)=C(N)N(c3ccc(I)cc3)C3=C2C(=O)CCC3)cc1CSc1ccc(Cl)cc1. The number of thioether (sulfide) groups is 1. The fourth-order valence-electron chi connectivity index (χ4n) is 5.36. The van der Waals surface area contributed by atoms with Crippen molar-refractivity contribution in [2.24, 2.45) is 5.73 Å². The zero-order valence-electron chi connectivity index (χ0n) is 21.2. The maximum atomic E-state index is 13.5. The molecule has 3 aromatic rings. The molecule has 3 aromatic carbocycles. The summed E-state index contributed by atoms with van der Waals surface area (Å²) in [5.74, 6) is 0.805. The molecule has 0 saturated heterocycles. The summed E-state index contributed by atoms with van der Waals surface area (Å²) in [5.41, 5.74) is 14.1. The number of hydrogen-bond donors (Lipinski definition) is 1. The number of allylic oxidation sites excluding steroid dienone is 3. The lowest BCUT2D eigenvalue weighted by atomic mass is 9.74. The quantitative estimate of drug-likeness (QED) is 0.223. The highest BCUT2D eigenvalue weighted by Crippen LogP contribution is 2.47. The molecule has 7 heteroatoms. The van der Waals surface area contributed by atoms with E-state index in [1.165, 1.54) is 11.1 Å². The summed E-state index contributed by atoms with van der Waals surface area (Å²) in [6.45, 7) is 4.17. The summed E-state index contributed by atoms with van der Waals surface area (Å²) >= 11 is 10.1. The van der Waals surface area contributed by atoms with E-state index in [-0.39, 0.29) is 5.78 Å². The second-order valence-corrected chi connectivity index (χ2v) is 12.4. The summed E-state index contributed by atoms with van der Waals surface area (Å²) in [7, 11) is 0. The van der Waals surface area contributed by atoms with Gasteiger partial charge < -0.3 is 5.73 Å². The van der Waals surface area contributed by atoms with Gasteiger partial charge in [-0.05, 0) is 120 Å². The highest BCUT2D eigenvalue weighted by atomic mass is 127. The zero-order chi connectivity index (χ0) is 27.0. The van der Waals surface area contributed by atoms with E-state index >= 15 is 0 Å². The number of carbonyl (C=O) groups is 1. The molecule has 0 spiro atoms. The van der Waals surface area contributed by atoms with Crippen LogP contribution >= 0.6 is 46.0 Å². The lowest BCUT2D eigenvalue weighted by Crippen LogP contribution is -2.38. The molecule has 38 heavy (non-hydrogen) atoms. The Balaban J connectivity index is 1.61. The van der Waals surface area contributed by atoms with Gasteiger partial charge in [-0.3, -0.25) is 9.69 Å². The molecule has 1 unspecified atom stereocenters.